The molecular weight excluding hydrogens is 669 g/mol. The molecule has 2 aromatic carbocycles. The number of aryl methyl sites for hydroxylation is 2. The Balaban J connectivity index is 1.53. The number of pyridine rings is 1. The number of aromatic nitrogens is 5. The number of carboxylic acids is 1. The molecule has 14 heteroatoms. The van der Waals surface area contributed by atoms with Crippen molar-refractivity contribution < 1.29 is 32.6 Å². The Bertz CT molecular complexity index is 2390. The molecule has 0 spiro atoms. The summed E-state index contributed by atoms with van der Waals surface area (Å²) in [5, 5.41) is 16.1. The van der Waals surface area contributed by atoms with Crippen molar-refractivity contribution in [2.24, 2.45) is 7.05 Å². The van der Waals surface area contributed by atoms with Gasteiger partial charge in [0.05, 0.1) is 50.5 Å². The fourth-order valence-corrected chi connectivity index (χ4v) is 7.52. The number of hydrogen-bond donors (Lipinski definition) is 1. The van der Waals surface area contributed by atoms with Crippen LogP contribution in [-0.2, 0) is 11.8 Å². The Morgan fingerprint density at radius 1 is 1.00 bits per heavy atom. The summed E-state index contributed by atoms with van der Waals surface area (Å²) in [5.41, 5.74) is 1.15. The number of nitrogens with zero attached hydrogens (tertiary/aromatic N) is 6. The molecule has 0 unspecified atom stereocenters. The Labute approximate surface area is 288 Å². The van der Waals surface area contributed by atoms with Crippen LogP contribution in [0.4, 0.5) is 18.0 Å². The number of amides is 1. The third-order valence-electron chi connectivity index (χ3n) is 8.99. The number of aromatic carboxylic acids is 1. The Morgan fingerprint density at radius 2 is 1.74 bits per heavy atom. The smallest absolute Gasteiger partial charge is 0.410 e. The van der Waals surface area contributed by atoms with Crippen LogP contribution in [0, 0.1) is 24.4 Å². The Kier molecular flexibility index (Phi) is 7.77. The van der Waals surface area contributed by atoms with E-state index in [0.717, 1.165) is 22.7 Å². The van der Waals surface area contributed by atoms with Crippen molar-refractivity contribution in [3.05, 3.63) is 76.3 Å². The number of rotatable bonds is 4. The first-order valence-electron chi connectivity index (χ1n) is 15.9. The Morgan fingerprint density at radius 3 is 2.44 bits per heavy atom. The van der Waals surface area contributed by atoms with E-state index in [1.807, 2.05) is 50.6 Å². The lowest BCUT2D eigenvalue weighted by Gasteiger charge is -2.38. The highest BCUT2D eigenvalue weighted by molar-refractivity contribution is 7.17. The zero-order valence-corrected chi connectivity index (χ0v) is 29.1. The summed E-state index contributed by atoms with van der Waals surface area (Å²) >= 11 is 1.03. The van der Waals surface area contributed by atoms with E-state index in [2.05, 4.69) is 4.98 Å². The molecule has 0 saturated heterocycles. The maximum absolute atomic E-state index is 16.1. The maximum atomic E-state index is 16.1. The van der Waals surface area contributed by atoms with Gasteiger partial charge in [-0.1, -0.05) is 6.07 Å². The van der Waals surface area contributed by atoms with Crippen LogP contribution in [0.3, 0.4) is 0 Å². The first-order valence-corrected chi connectivity index (χ1v) is 16.8. The number of hydrogen-bond acceptors (Lipinski definition) is 7. The van der Waals surface area contributed by atoms with Gasteiger partial charge in [-0.3, -0.25) is 9.58 Å². The second-order valence-electron chi connectivity index (χ2n) is 13.6. The molecule has 1 aliphatic rings. The predicted molar refractivity (Wildman–Crippen MR) is 184 cm³/mol. The van der Waals surface area contributed by atoms with Crippen LogP contribution in [0.15, 0.2) is 41.8 Å². The highest BCUT2D eigenvalue weighted by atomic mass is 32.1. The van der Waals surface area contributed by atoms with Crippen molar-refractivity contribution >= 4 is 44.5 Å². The minimum Gasteiger partial charge on any atom is -0.478 e. The summed E-state index contributed by atoms with van der Waals surface area (Å²) in [6, 6.07) is 7.62. The normalized spacial score (nSPS) is 16.3. The minimum absolute atomic E-state index is 0.0137. The second kappa shape index (κ2) is 11.7. The first-order chi connectivity index (χ1) is 23.5. The molecule has 50 heavy (non-hydrogen) atoms. The number of ether oxygens (including phenoxy) is 1. The molecule has 0 saturated carbocycles. The number of benzene rings is 2. The van der Waals surface area contributed by atoms with Crippen molar-refractivity contribution in [1.29, 1.82) is 0 Å². The molecule has 10 nitrogen and oxygen atoms in total. The molecule has 5 heterocycles. The van der Waals surface area contributed by atoms with Crippen LogP contribution in [0.5, 0.6) is 0 Å². The molecule has 0 bridgehead atoms. The van der Waals surface area contributed by atoms with Gasteiger partial charge in [0.1, 0.15) is 34.6 Å². The van der Waals surface area contributed by atoms with Crippen molar-refractivity contribution in [2.75, 3.05) is 6.54 Å². The van der Waals surface area contributed by atoms with Gasteiger partial charge in [0.2, 0.25) is 0 Å². The standard InChI is InChI=1S/C36H33F3N6O4S/c1-16-14-44(35(48)49-36(4,5)6)17(2)27-13-25(42-45(16)27)32-30(28-21(34(46)47)11-20(37)12-22(28)38)29-23(39)15-50-33(29)31(41-32)19-8-9-26-24(10-19)40-18(3)43(26)7/h8-13,15-17H,14H2,1-7H3,(H,46,47)/t16-,17+/m0/s1. The molecule has 1 N–H and O–H groups in total. The molecule has 6 aromatic rings. The molecule has 0 fully saturated rings. The molecule has 1 aliphatic heterocycles. The fourth-order valence-electron chi connectivity index (χ4n) is 6.59. The van der Waals surface area contributed by atoms with Gasteiger partial charge >= 0.3 is 12.1 Å². The quantitative estimate of drug-likeness (QED) is 0.196. The monoisotopic (exact) mass is 702 g/mol. The van der Waals surface area contributed by atoms with E-state index in [-0.39, 0.29) is 34.9 Å². The van der Waals surface area contributed by atoms with Crippen molar-refractivity contribution in [3.63, 3.8) is 0 Å². The lowest BCUT2D eigenvalue weighted by molar-refractivity contribution is 0.00863. The van der Waals surface area contributed by atoms with Gasteiger partial charge in [-0.2, -0.15) is 5.10 Å². The van der Waals surface area contributed by atoms with Crippen LogP contribution in [-0.4, -0.2) is 58.5 Å². The van der Waals surface area contributed by atoms with E-state index in [4.69, 9.17) is 14.8 Å². The van der Waals surface area contributed by atoms with E-state index in [1.54, 1.807) is 36.4 Å². The number of fused-ring (bicyclic) bond motifs is 3. The predicted octanol–water partition coefficient (Wildman–Crippen LogP) is 8.68. The van der Waals surface area contributed by atoms with Crippen LogP contribution in [0.25, 0.3) is 54.9 Å². The highest BCUT2D eigenvalue weighted by Crippen LogP contribution is 2.47. The van der Waals surface area contributed by atoms with Crippen LogP contribution in [0.2, 0.25) is 0 Å². The first kappa shape index (κ1) is 33.3. The molecule has 0 aliphatic carbocycles. The average molecular weight is 703 g/mol. The number of imidazole rings is 1. The maximum Gasteiger partial charge on any atom is 0.410 e. The van der Waals surface area contributed by atoms with Gasteiger partial charge in [-0.05, 0) is 65.8 Å². The SMILES string of the molecule is Cc1nc2cc(-c3nc(-c4cc5n(n4)[C@@H](C)CN(C(=O)OC(C)(C)C)[C@@H]5C)c(-c4c(F)cc(F)cc4C(=O)O)c4c(F)csc34)ccc2n1C. The number of carbonyl (C=O) groups excluding carboxylic acids is 1. The molecule has 7 rings (SSSR count). The van der Waals surface area contributed by atoms with Crippen molar-refractivity contribution in [1.82, 2.24) is 29.2 Å². The van der Waals surface area contributed by atoms with Gasteiger partial charge in [-0.15, -0.1) is 11.3 Å². The van der Waals surface area contributed by atoms with E-state index >= 15 is 8.78 Å². The number of halogens is 3. The number of carboxylic acid groups (broad SMARTS) is 1. The van der Waals surface area contributed by atoms with Gasteiger partial charge in [0, 0.05) is 47.1 Å². The van der Waals surface area contributed by atoms with Gasteiger partial charge in [0.15, 0.2) is 0 Å². The summed E-state index contributed by atoms with van der Waals surface area (Å²) in [6.07, 6.45) is -0.506. The summed E-state index contributed by atoms with van der Waals surface area (Å²) in [5.74, 6) is -3.85. The van der Waals surface area contributed by atoms with Crippen LogP contribution in [0.1, 0.15) is 68.6 Å². The van der Waals surface area contributed by atoms with E-state index in [9.17, 15) is 19.1 Å². The van der Waals surface area contributed by atoms with E-state index < -0.39 is 52.3 Å². The number of thiophene rings is 1. The third-order valence-corrected chi connectivity index (χ3v) is 9.95. The van der Waals surface area contributed by atoms with Gasteiger partial charge in [-0.25, -0.2) is 32.7 Å². The molecule has 0 radical (unpaired) electrons. The molecular formula is C36H33F3N6O4S. The summed E-state index contributed by atoms with van der Waals surface area (Å²) < 4.78 is 56.2. The fraction of sp³-hybridized carbons (Fsp3) is 0.306. The zero-order valence-electron chi connectivity index (χ0n) is 28.3. The summed E-state index contributed by atoms with van der Waals surface area (Å²) in [4.78, 5) is 36.9. The molecule has 258 valence electrons. The van der Waals surface area contributed by atoms with Crippen molar-refractivity contribution in [2.45, 2.75) is 59.2 Å². The highest BCUT2D eigenvalue weighted by Gasteiger charge is 2.37. The largest absolute Gasteiger partial charge is 0.478 e. The average Bonchev–Trinajstić information content (AvgIpc) is 3.73. The number of carbonyl (C=O) groups is 2. The second-order valence-corrected chi connectivity index (χ2v) is 14.4. The summed E-state index contributed by atoms with van der Waals surface area (Å²) in [6.45, 7) is 11.2. The Hall–Kier alpha value is -5.24. The van der Waals surface area contributed by atoms with Crippen LogP contribution < -0.4 is 0 Å². The topological polar surface area (TPSA) is 115 Å². The van der Waals surface area contributed by atoms with Crippen molar-refractivity contribution in [3.8, 4) is 33.8 Å². The minimum atomic E-state index is -1.60. The zero-order chi connectivity index (χ0) is 36.0. The molecule has 1 amide bonds. The molecule has 4 aromatic heterocycles. The third kappa shape index (κ3) is 5.38. The lowest BCUT2D eigenvalue weighted by atomic mass is 9.92. The van der Waals surface area contributed by atoms with Gasteiger partial charge < -0.3 is 14.4 Å². The summed E-state index contributed by atoms with van der Waals surface area (Å²) in [7, 11) is 1.89. The van der Waals surface area contributed by atoms with E-state index in [0.29, 0.717) is 39.3 Å². The van der Waals surface area contributed by atoms with Gasteiger partial charge in [0.25, 0.3) is 0 Å². The lowest BCUT2D eigenvalue weighted by Crippen LogP contribution is -2.45. The van der Waals surface area contributed by atoms with E-state index in [1.165, 1.54) is 5.38 Å². The van der Waals surface area contributed by atoms with Crippen LogP contribution >= 0.6 is 11.3 Å². The molecule has 2 atom stereocenters.